The monoisotopic (exact) mass is 267 g/mol. The summed E-state index contributed by atoms with van der Waals surface area (Å²) in [5.41, 5.74) is 0. The molecule has 0 aliphatic heterocycles. The lowest BCUT2D eigenvalue weighted by molar-refractivity contribution is 0.454. The molecule has 0 saturated carbocycles. The van der Waals surface area contributed by atoms with Crippen molar-refractivity contribution in [1.82, 2.24) is 5.32 Å². The molecular formula is C18H37N. The van der Waals surface area contributed by atoms with Crippen LogP contribution < -0.4 is 5.32 Å². The van der Waals surface area contributed by atoms with Crippen LogP contribution in [0.1, 0.15) is 90.9 Å². The van der Waals surface area contributed by atoms with Gasteiger partial charge >= 0.3 is 0 Å². The average Bonchev–Trinajstić information content (AvgIpc) is 2.42. The topological polar surface area (TPSA) is 12.0 Å². The van der Waals surface area contributed by atoms with Gasteiger partial charge < -0.3 is 5.32 Å². The largest absolute Gasteiger partial charge is 0.314 e. The summed E-state index contributed by atoms with van der Waals surface area (Å²) in [6.45, 7) is 9.53. The van der Waals surface area contributed by atoms with Crippen molar-refractivity contribution in [2.75, 3.05) is 6.54 Å². The van der Waals surface area contributed by atoms with Crippen LogP contribution in [-0.4, -0.2) is 12.6 Å². The predicted octanol–water partition coefficient (Wildman–Crippen LogP) is 5.85. The van der Waals surface area contributed by atoms with Crippen LogP contribution in [0.4, 0.5) is 0 Å². The van der Waals surface area contributed by atoms with Crippen LogP contribution in [0.5, 0.6) is 0 Å². The zero-order valence-electron chi connectivity index (χ0n) is 13.6. The van der Waals surface area contributed by atoms with Crippen LogP contribution in [0.2, 0.25) is 0 Å². The third-order valence-corrected chi connectivity index (χ3v) is 3.79. The van der Waals surface area contributed by atoms with E-state index >= 15 is 0 Å². The molecule has 0 fully saturated rings. The van der Waals surface area contributed by atoms with Gasteiger partial charge in [0.2, 0.25) is 0 Å². The maximum atomic E-state index is 3.86. The predicted molar refractivity (Wildman–Crippen MR) is 88.7 cm³/mol. The fraction of sp³-hybridized carbons (Fsp3) is 0.889. The van der Waals surface area contributed by atoms with E-state index in [-0.39, 0.29) is 0 Å². The molecule has 1 atom stereocenters. The Kier molecular flexibility index (Phi) is 15.5. The summed E-state index contributed by atoms with van der Waals surface area (Å²) in [6.07, 6.45) is 18.5. The Morgan fingerprint density at radius 2 is 1.42 bits per heavy atom. The number of hydrogen-bond donors (Lipinski definition) is 1. The van der Waals surface area contributed by atoms with E-state index < -0.39 is 0 Å². The van der Waals surface area contributed by atoms with Crippen molar-refractivity contribution in [3.63, 3.8) is 0 Å². The average molecular weight is 268 g/mol. The Balaban J connectivity index is 3.31. The van der Waals surface area contributed by atoms with Crippen molar-refractivity contribution < 1.29 is 0 Å². The Morgan fingerprint density at radius 1 is 0.842 bits per heavy atom. The maximum absolute atomic E-state index is 3.86. The Morgan fingerprint density at radius 3 is 1.95 bits per heavy atom. The van der Waals surface area contributed by atoms with E-state index in [9.17, 15) is 0 Å². The zero-order chi connectivity index (χ0) is 14.2. The molecule has 0 spiro atoms. The molecule has 1 nitrogen and oxygen atoms in total. The molecule has 0 aromatic carbocycles. The van der Waals surface area contributed by atoms with Gasteiger partial charge in [-0.15, -0.1) is 6.58 Å². The SMILES string of the molecule is C=CCC(CCCCCCCCCCC)NCCC. The highest BCUT2D eigenvalue weighted by Crippen LogP contribution is 2.12. The second kappa shape index (κ2) is 15.8. The van der Waals surface area contributed by atoms with E-state index in [0.717, 1.165) is 13.0 Å². The lowest BCUT2D eigenvalue weighted by atomic mass is 10.0. The van der Waals surface area contributed by atoms with Gasteiger partial charge in [-0.2, -0.15) is 0 Å². The van der Waals surface area contributed by atoms with E-state index in [1.165, 1.54) is 70.6 Å². The highest BCUT2D eigenvalue weighted by Gasteiger charge is 2.04. The quantitative estimate of drug-likeness (QED) is 0.290. The molecule has 0 saturated heterocycles. The van der Waals surface area contributed by atoms with Gasteiger partial charge in [0, 0.05) is 6.04 Å². The minimum absolute atomic E-state index is 0.669. The van der Waals surface area contributed by atoms with Gasteiger partial charge in [-0.1, -0.05) is 77.7 Å². The minimum Gasteiger partial charge on any atom is -0.314 e. The Labute approximate surface area is 122 Å². The lowest BCUT2D eigenvalue weighted by Gasteiger charge is -2.16. The van der Waals surface area contributed by atoms with Crippen molar-refractivity contribution in [2.24, 2.45) is 0 Å². The summed E-state index contributed by atoms with van der Waals surface area (Å²) in [6, 6.07) is 0.669. The van der Waals surface area contributed by atoms with Gasteiger partial charge in [0.1, 0.15) is 0 Å². The Hall–Kier alpha value is -0.300. The van der Waals surface area contributed by atoms with Gasteiger partial charge in [-0.25, -0.2) is 0 Å². The first-order valence-corrected chi connectivity index (χ1v) is 8.69. The highest BCUT2D eigenvalue weighted by molar-refractivity contribution is 4.77. The molecule has 0 aliphatic rings. The summed E-state index contributed by atoms with van der Waals surface area (Å²) in [4.78, 5) is 0. The van der Waals surface area contributed by atoms with Crippen molar-refractivity contribution in [1.29, 1.82) is 0 Å². The third-order valence-electron chi connectivity index (χ3n) is 3.79. The summed E-state index contributed by atoms with van der Waals surface area (Å²) in [5, 5.41) is 3.62. The van der Waals surface area contributed by atoms with Gasteiger partial charge in [0.25, 0.3) is 0 Å². The third kappa shape index (κ3) is 13.9. The van der Waals surface area contributed by atoms with Gasteiger partial charge in [0.15, 0.2) is 0 Å². The number of rotatable bonds is 15. The lowest BCUT2D eigenvalue weighted by Crippen LogP contribution is -2.29. The highest BCUT2D eigenvalue weighted by atomic mass is 14.9. The van der Waals surface area contributed by atoms with Gasteiger partial charge in [0.05, 0.1) is 0 Å². The van der Waals surface area contributed by atoms with Crippen molar-refractivity contribution in [2.45, 2.75) is 96.9 Å². The molecule has 0 rings (SSSR count). The molecule has 0 bridgehead atoms. The summed E-state index contributed by atoms with van der Waals surface area (Å²) < 4.78 is 0. The summed E-state index contributed by atoms with van der Waals surface area (Å²) in [5.74, 6) is 0. The first-order chi connectivity index (χ1) is 9.35. The van der Waals surface area contributed by atoms with E-state index in [4.69, 9.17) is 0 Å². The van der Waals surface area contributed by atoms with Crippen molar-refractivity contribution in [3.05, 3.63) is 12.7 Å². The van der Waals surface area contributed by atoms with E-state index in [1.54, 1.807) is 0 Å². The molecule has 1 heteroatoms. The second-order valence-electron chi connectivity index (χ2n) is 5.79. The van der Waals surface area contributed by atoms with E-state index in [1.807, 2.05) is 0 Å². The van der Waals surface area contributed by atoms with Crippen LogP contribution in [0.25, 0.3) is 0 Å². The molecule has 19 heavy (non-hydrogen) atoms. The summed E-state index contributed by atoms with van der Waals surface area (Å²) >= 11 is 0. The molecule has 0 aromatic heterocycles. The molecule has 0 aromatic rings. The van der Waals surface area contributed by atoms with Crippen LogP contribution in [0.3, 0.4) is 0 Å². The molecule has 0 radical (unpaired) electrons. The fourth-order valence-corrected chi connectivity index (χ4v) is 2.55. The van der Waals surface area contributed by atoms with Gasteiger partial charge in [-0.05, 0) is 25.8 Å². The smallest absolute Gasteiger partial charge is 0.0101 e. The van der Waals surface area contributed by atoms with E-state index in [0.29, 0.717) is 6.04 Å². The normalized spacial score (nSPS) is 12.5. The number of unbranched alkanes of at least 4 members (excludes halogenated alkanes) is 8. The van der Waals surface area contributed by atoms with Crippen molar-refractivity contribution >= 4 is 0 Å². The molecule has 0 aliphatic carbocycles. The molecular weight excluding hydrogens is 230 g/mol. The first-order valence-electron chi connectivity index (χ1n) is 8.69. The summed E-state index contributed by atoms with van der Waals surface area (Å²) in [7, 11) is 0. The number of nitrogens with one attached hydrogen (secondary N) is 1. The maximum Gasteiger partial charge on any atom is 0.0101 e. The Bertz CT molecular complexity index is 177. The van der Waals surface area contributed by atoms with E-state index in [2.05, 4.69) is 31.8 Å². The van der Waals surface area contributed by atoms with Crippen LogP contribution >= 0.6 is 0 Å². The number of hydrogen-bond acceptors (Lipinski definition) is 1. The van der Waals surface area contributed by atoms with Crippen LogP contribution in [-0.2, 0) is 0 Å². The molecule has 0 heterocycles. The zero-order valence-corrected chi connectivity index (χ0v) is 13.6. The first kappa shape index (κ1) is 18.7. The molecule has 114 valence electrons. The van der Waals surface area contributed by atoms with Crippen LogP contribution in [0.15, 0.2) is 12.7 Å². The minimum atomic E-state index is 0.669. The van der Waals surface area contributed by atoms with Crippen molar-refractivity contribution in [3.8, 4) is 0 Å². The molecule has 1 unspecified atom stereocenters. The van der Waals surface area contributed by atoms with Gasteiger partial charge in [-0.3, -0.25) is 0 Å². The fourth-order valence-electron chi connectivity index (χ4n) is 2.55. The van der Waals surface area contributed by atoms with Crippen LogP contribution in [0, 0.1) is 0 Å². The standard InChI is InChI=1S/C18H37N/c1-4-7-8-9-10-11-12-13-14-16-18(15-5-2)19-17-6-3/h5,18-19H,2,4,6-17H2,1,3H3. The molecule has 0 amide bonds. The molecule has 1 N–H and O–H groups in total. The second-order valence-corrected chi connectivity index (χ2v) is 5.79.